The SMILES string of the molecule is CC(C)Cn1c(CC2CC2)nc2cc(C#N)ccc21. The molecular weight excluding hydrogens is 234 g/mol. The molecule has 1 heterocycles. The van der Waals surface area contributed by atoms with E-state index in [0.29, 0.717) is 11.5 Å². The van der Waals surface area contributed by atoms with E-state index in [1.807, 2.05) is 18.2 Å². The van der Waals surface area contributed by atoms with E-state index in [9.17, 15) is 0 Å². The number of imidazole rings is 1. The van der Waals surface area contributed by atoms with Crippen LogP contribution in [0.4, 0.5) is 0 Å². The van der Waals surface area contributed by atoms with E-state index in [0.717, 1.165) is 24.4 Å². The highest BCUT2D eigenvalue weighted by Gasteiger charge is 2.24. The molecule has 3 nitrogen and oxygen atoms in total. The highest BCUT2D eigenvalue weighted by molar-refractivity contribution is 5.77. The predicted molar refractivity (Wildman–Crippen MR) is 75.7 cm³/mol. The number of rotatable bonds is 4. The second-order valence-corrected chi connectivity index (χ2v) is 6.00. The third-order valence-corrected chi connectivity index (χ3v) is 3.67. The van der Waals surface area contributed by atoms with Gasteiger partial charge in [-0.05, 0) is 42.9 Å². The molecule has 1 aromatic heterocycles. The number of aromatic nitrogens is 2. The molecule has 0 atom stereocenters. The van der Waals surface area contributed by atoms with E-state index in [-0.39, 0.29) is 0 Å². The van der Waals surface area contributed by atoms with Crippen LogP contribution in [0.15, 0.2) is 18.2 Å². The van der Waals surface area contributed by atoms with Gasteiger partial charge in [0.05, 0.1) is 22.7 Å². The summed E-state index contributed by atoms with van der Waals surface area (Å²) in [4.78, 5) is 4.77. The molecule has 0 bridgehead atoms. The molecule has 2 aromatic rings. The minimum Gasteiger partial charge on any atom is -0.328 e. The Balaban J connectivity index is 2.07. The topological polar surface area (TPSA) is 41.6 Å². The van der Waals surface area contributed by atoms with E-state index in [4.69, 9.17) is 10.2 Å². The van der Waals surface area contributed by atoms with Crippen molar-refractivity contribution >= 4 is 11.0 Å². The molecule has 0 amide bonds. The quantitative estimate of drug-likeness (QED) is 0.836. The Morgan fingerprint density at radius 2 is 2.21 bits per heavy atom. The summed E-state index contributed by atoms with van der Waals surface area (Å²) in [6.07, 6.45) is 3.77. The van der Waals surface area contributed by atoms with Gasteiger partial charge in [-0.3, -0.25) is 0 Å². The molecule has 0 saturated heterocycles. The van der Waals surface area contributed by atoms with Crippen LogP contribution in [-0.2, 0) is 13.0 Å². The normalized spacial score (nSPS) is 15.1. The molecular formula is C16H19N3. The average molecular weight is 253 g/mol. The van der Waals surface area contributed by atoms with E-state index < -0.39 is 0 Å². The number of hydrogen-bond acceptors (Lipinski definition) is 2. The van der Waals surface area contributed by atoms with Gasteiger partial charge in [-0.2, -0.15) is 5.26 Å². The summed E-state index contributed by atoms with van der Waals surface area (Å²) in [5, 5.41) is 8.99. The maximum Gasteiger partial charge on any atom is 0.110 e. The lowest BCUT2D eigenvalue weighted by atomic mass is 10.2. The Bertz CT molecular complexity index is 642. The van der Waals surface area contributed by atoms with Gasteiger partial charge in [-0.1, -0.05) is 13.8 Å². The molecule has 1 aromatic carbocycles. The summed E-state index contributed by atoms with van der Waals surface area (Å²) in [6.45, 7) is 5.47. The van der Waals surface area contributed by atoms with Gasteiger partial charge in [0.1, 0.15) is 5.82 Å². The third-order valence-electron chi connectivity index (χ3n) is 3.67. The Morgan fingerprint density at radius 1 is 1.42 bits per heavy atom. The van der Waals surface area contributed by atoms with Crippen LogP contribution in [0.2, 0.25) is 0 Å². The summed E-state index contributed by atoms with van der Waals surface area (Å²) < 4.78 is 2.35. The number of benzene rings is 1. The van der Waals surface area contributed by atoms with Crippen LogP contribution in [0.25, 0.3) is 11.0 Å². The van der Waals surface area contributed by atoms with E-state index in [1.54, 1.807) is 0 Å². The highest BCUT2D eigenvalue weighted by Crippen LogP contribution is 2.33. The Hall–Kier alpha value is -1.82. The third kappa shape index (κ3) is 2.49. The minimum atomic E-state index is 0.603. The first-order chi connectivity index (χ1) is 9.17. The molecule has 3 heteroatoms. The van der Waals surface area contributed by atoms with Crippen molar-refractivity contribution in [3.8, 4) is 6.07 Å². The molecule has 0 N–H and O–H groups in total. The van der Waals surface area contributed by atoms with Crippen LogP contribution < -0.4 is 0 Å². The first kappa shape index (κ1) is 12.2. The van der Waals surface area contributed by atoms with Crippen LogP contribution >= 0.6 is 0 Å². The van der Waals surface area contributed by atoms with Crippen molar-refractivity contribution in [2.45, 2.75) is 39.7 Å². The van der Waals surface area contributed by atoms with Crippen LogP contribution in [0.1, 0.15) is 38.1 Å². The van der Waals surface area contributed by atoms with Gasteiger partial charge < -0.3 is 4.57 Å². The first-order valence-electron chi connectivity index (χ1n) is 7.06. The molecule has 98 valence electrons. The molecule has 1 aliphatic carbocycles. The van der Waals surface area contributed by atoms with Gasteiger partial charge in [0, 0.05) is 13.0 Å². The molecule has 19 heavy (non-hydrogen) atoms. The second-order valence-electron chi connectivity index (χ2n) is 6.00. The minimum absolute atomic E-state index is 0.603. The zero-order valence-electron chi connectivity index (χ0n) is 11.6. The van der Waals surface area contributed by atoms with Crippen molar-refractivity contribution in [3.05, 3.63) is 29.6 Å². The molecule has 3 rings (SSSR count). The number of fused-ring (bicyclic) bond motifs is 1. The Labute approximate surface area is 113 Å². The van der Waals surface area contributed by atoms with Gasteiger partial charge in [0.25, 0.3) is 0 Å². The Kier molecular flexibility index (Phi) is 3.02. The summed E-state index contributed by atoms with van der Waals surface area (Å²) in [7, 11) is 0. The van der Waals surface area contributed by atoms with Crippen molar-refractivity contribution in [1.82, 2.24) is 9.55 Å². The summed E-state index contributed by atoms with van der Waals surface area (Å²) >= 11 is 0. The van der Waals surface area contributed by atoms with E-state index in [2.05, 4.69) is 24.5 Å². The predicted octanol–water partition coefficient (Wildman–Crippen LogP) is 3.52. The van der Waals surface area contributed by atoms with Crippen molar-refractivity contribution in [1.29, 1.82) is 5.26 Å². The monoisotopic (exact) mass is 253 g/mol. The molecule has 1 aliphatic rings. The molecule has 1 saturated carbocycles. The first-order valence-corrected chi connectivity index (χ1v) is 7.06. The molecule has 0 spiro atoms. The number of nitrogens with zero attached hydrogens (tertiary/aromatic N) is 3. The Morgan fingerprint density at radius 3 is 2.84 bits per heavy atom. The fraction of sp³-hybridized carbons (Fsp3) is 0.500. The zero-order valence-corrected chi connectivity index (χ0v) is 11.6. The van der Waals surface area contributed by atoms with Crippen LogP contribution in [0.5, 0.6) is 0 Å². The molecule has 0 aliphatic heterocycles. The van der Waals surface area contributed by atoms with Crippen LogP contribution in [0, 0.1) is 23.2 Å². The van der Waals surface area contributed by atoms with Gasteiger partial charge in [-0.25, -0.2) is 4.98 Å². The average Bonchev–Trinajstić information content (AvgIpc) is 3.13. The van der Waals surface area contributed by atoms with E-state index in [1.165, 1.54) is 24.2 Å². The molecule has 1 fully saturated rings. The largest absolute Gasteiger partial charge is 0.328 e. The smallest absolute Gasteiger partial charge is 0.110 e. The fourth-order valence-corrected chi connectivity index (χ4v) is 2.55. The van der Waals surface area contributed by atoms with Crippen molar-refractivity contribution < 1.29 is 0 Å². The zero-order chi connectivity index (χ0) is 13.4. The second kappa shape index (κ2) is 4.70. The fourth-order valence-electron chi connectivity index (χ4n) is 2.55. The van der Waals surface area contributed by atoms with Gasteiger partial charge in [0.2, 0.25) is 0 Å². The maximum absolute atomic E-state index is 8.99. The number of nitriles is 1. The summed E-state index contributed by atoms with van der Waals surface area (Å²) in [5.41, 5.74) is 2.83. The lowest BCUT2D eigenvalue weighted by molar-refractivity contribution is 0.512. The van der Waals surface area contributed by atoms with Gasteiger partial charge >= 0.3 is 0 Å². The maximum atomic E-state index is 8.99. The van der Waals surface area contributed by atoms with Gasteiger partial charge in [-0.15, -0.1) is 0 Å². The van der Waals surface area contributed by atoms with Crippen LogP contribution in [0.3, 0.4) is 0 Å². The summed E-state index contributed by atoms with van der Waals surface area (Å²) in [5.74, 6) is 2.63. The van der Waals surface area contributed by atoms with Crippen molar-refractivity contribution in [3.63, 3.8) is 0 Å². The number of hydrogen-bond donors (Lipinski definition) is 0. The highest BCUT2D eigenvalue weighted by atomic mass is 15.1. The van der Waals surface area contributed by atoms with E-state index >= 15 is 0 Å². The lowest BCUT2D eigenvalue weighted by Gasteiger charge is -2.11. The van der Waals surface area contributed by atoms with Crippen molar-refractivity contribution in [2.75, 3.05) is 0 Å². The van der Waals surface area contributed by atoms with Crippen molar-refractivity contribution in [2.24, 2.45) is 11.8 Å². The van der Waals surface area contributed by atoms with Gasteiger partial charge in [0.15, 0.2) is 0 Å². The van der Waals surface area contributed by atoms with Crippen LogP contribution in [-0.4, -0.2) is 9.55 Å². The standard InChI is InChI=1S/C16H19N3/c1-11(2)10-19-15-6-5-13(9-17)7-14(15)18-16(19)8-12-3-4-12/h5-7,11-12H,3-4,8,10H2,1-2H3. The lowest BCUT2D eigenvalue weighted by Crippen LogP contribution is -2.09. The molecule has 0 radical (unpaired) electrons. The summed E-state index contributed by atoms with van der Waals surface area (Å²) in [6, 6.07) is 8.03. The molecule has 0 unspecified atom stereocenters.